The Labute approximate surface area is 133 Å². The molecule has 0 amide bonds. The quantitative estimate of drug-likeness (QED) is 0.903. The van der Waals surface area contributed by atoms with Crippen molar-refractivity contribution in [3.05, 3.63) is 45.1 Å². The monoisotopic (exact) mass is 323 g/mol. The summed E-state index contributed by atoms with van der Waals surface area (Å²) in [5, 5.41) is 3.51. The topological polar surface area (TPSA) is 30.5 Å². The number of thiophene rings is 1. The summed E-state index contributed by atoms with van der Waals surface area (Å²) in [5.74, 6) is 1.69. The van der Waals surface area contributed by atoms with Crippen LogP contribution < -0.4 is 14.8 Å². The van der Waals surface area contributed by atoms with Gasteiger partial charge in [0.25, 0.3) is 0 Å². The van der Waals surface area contributed by atoms with Gasteiger partial charge in [0, 0.05) is 23.9 Å². The lowest BCUT2D eigenvalue weighted by molar-refractivity contribution is 0.297. The molecule has 0 aliphatic carbocycles. The highest BCUT2D eigenvalue weighted by Crippen LogP contribution is 2.31. The molecule has 3 nitrogen and oxygen atoms in total. The number of ether oxygens (including phenoxy) is 2. The SMILES string of the molecule is CC(NCc1ccc2c(c1)OCCCO2)c1ccc(Cl)s1. The van der Waals surface area contributed by atoms with Crippen molar-refractivity contribution in [1.29, 1.82) is 0 Å². The summed E-state index contributed by atoms with van der Waals surface area (Å²) in [4.78, 5) is 1.24. The van der Waals surface area contributed by atoms with Gasteiger partial charge >= 0.3 is 0 Å². The van der Waals surface area contributed by atoms with Gasteiger partial charge in [-0.3, -0.25) is 0 Å². The molecule has 1 aliphatic rings. The van der Waals surface area contributed by atoms with E-state index in [9.17, 15) is 0 Å². The van der Waals surface area contributed by atoms with Crippen molar-refractivity contribution in [2.24, 2.45) is 0 Å². The van der Waals surface area contributed by atoms with Crippen molar-refractivity contribution in [3.63, 3.8) is 0 Å². The standard InChI is InChI=1S/C16H18ClNO2S/c1-11(15-5-6-16(17)21-15)18-10-12-3-4-13-14(9-12)20-8-2-7-19-13/h3-6,9,11,18H,2,7-8,10H2,1H3. The average Bonchev–Trinajstić information content (AvgIpc) is 2.79. The Kier molecular flexibility index (Phi) is 4.68. The Morgan fingerprint density at radius 1 is 1.19 bits per heavy atom. The molecule has 2 heterocycles. The predicted molar refractivity (Wildman–Crippen MR) is 86.6 cm³/mol. The van der Waals surface area contributed by atoms with Gasteiger partial charge in [0.2, 0.25) is 0 Å². The van der Waals surface area contributed by atoms with E-state index in [0.717, 1.165) is 35.4 Å². The number of benzene rings is 1. The van der Waals surface area contributed by atoms with Crippen molar-refractivity contribution >= 4 is 22.9 Å². The van der Waals surface area contributed by atoms with E-state index in [0.29, 0.717) is 6.61 Å². The Bertz CT molecular complexity index is 614. The molecule has 0 radical (unpaired) electrons. The molecule has 0 fully saturated rings. The fraction of sp³-hybridized carbons (Fsp3) is 0.375. The largest absolute Gasteiger partial charge is 0.490 e. The van der Waals surface area contributed by atoms with Gasteiger partial charge in [-0.25, -0.2) is 0 Å². The van der Waals surface area contributed by atoms with Crippen LogP contribution in [0.5, 0.6) is 11.5 Å². The van der Waals surface area contributed by atoms with E-state index in [2.05, 4.69) is 30.4 Å². The lowest BCUT2D eigenvalue weighted by Gasteiger charge is -2.13. The average molecular weight is 324 g/mol. The third-order valence-corrected chi connectivity index (χ3v) is 4.86. The van der Waals surface area contributed by atoms with E-state index in [4.69, 9.17) is 21.1 Å². The maximum Gasteiger partial charge on any atom is 0.161 e. The summed E-state index contributed by atoms with van der Waals surface area (Å²) in [6, 6.07) is 10.4. The van der Waals surface area contributed by atoms with Gasteiger partial charge in [0.1, 0.15) is 0 Å². The Balaban J connectivity index is 1.64. The van der Waals surface area contributed by atoms with E-state index in [-0.39, 0.29) is 6.04 Å². The van der Waals surface area contributed by atoms with E-state index in [1.54, 1.807) is 11.3 Å². The molecule has 112 valence electrons. The molecule has 0 bridgehead atoms. The molecular formula is C16H18ClNO2S. The lowest BCUT2D eigenvalue weighted by atomic mass is 10.2. The number of hydrogen-bond donors (Lipinski definition) is 1. The molecule has 1 atom stereocenters. The smallest absolute Gasteiger partial charge is 0.161 e. The molecule has 3 rings (SSSR count). The van der Waals surface area contributed by atoms with Gasteiger partial charge in [-0.2, -0.15) is 0 Å². The molecule has 1 aromatic heterocycles. The highest BCUT2D eigenvalue weighted by Gasteiger charge is 2.12. The summed E-state index contributed by atoms with van der Waals surface area (Å²) < 4.78 is 12.2. The minimum absolute atomic E-state index is 0.276. The Hall–Kier alpha value is -1.23. The lowest BCUT2D eigenvalue weighted by Crippen LogP contribution is -2.17. The Morgan fingerprint density at radius 3 is 2.76 bits per heavy atom. The van der Waals surface area contributed by atoms with Crippen LogP contribution in [0.2, 0.25) is 4.34 Å². The Morgan fingerprint density at radius 2 is 2.00 bits per heavy atom. The van der Waals surface area contributed by atoms with Crippen LogP contribution in [0.3, 0.4) is 0 Å². The minimum atomic E-state index is 0.276. The van der Waals surface area contributed by atoms with Crippen molar-refractivity contribution < 1.29 is 9.47 Å². The zero-order valence-corrected chi connectivity index (χ0v) is 13.5. The van der Waals surface area contributed by atoms with E-state index in [1.165, 1.54) is 10.4 Å². The van der Waals surface area contributed by atoms with Gasteiger partial charge in [0.05, 0.1) is 17.6 Å². The van der Waals surface area contributed by atoms with Gasteiger partial charge < -0.3 is 14.8 Å². The molecule has 0 spiro atoms. The van der Waals surface area contributed by atoms with Crippen LogP contribution >= 0.6 is 22.9 Å². The first-order chi connectivity index (χ1) is 10.2. The van der Waals surface area contributed by atoms with Crippen molar-refractivity contribution in [2.45, 2.75) is 25.9 Å². The highest BCUT2D eigenvalue weighted by atomic mass is 35.5. The number of nitrogens with one attached hydrogen (secondary N) is 1. The first-order valence-corrected chi connectivity index (χ1v) is 8.29. The second kappa shape index (κ2) is 6.69. The maximum atomic E-state index is 5.98. The van der Waals surface area contributed by atoms with Crippen LogP contribution in [0.1, 0.15) is 29.8 Å². The predicted octanol–water partition coefficient (Wildman–Crippen LogP) is 4.41. The van der Waals surface area contributed by atoms with Crippen LogP contribution in [0.4, 0.5) is 0 Å². The summed E-state index contributed by atoms with van der Waals surface area (Å²) in [6.45, 7) is 4.37. The van der Waals surface area contributed by atoms with Gasteiger partial charge in [-0.1, -0.05) is 17.7 Å². The fourth-order valence-corrected chi connectivity index (χ4v) is 3.34. The molecule has 1 unspecified atom stereocenters. The van der Waals surface area contributed by atoms with E-state index < -0.39 is 0 Å². The third kappa shape index (κ3) is 3.70. The molecule has 0 saturated heterocycles. The summed E-state index contributed by atoms with van der Waals surface area (Å²) >= 11 is 7.59. The molecule has 0 saturated carbocycles. The van der Waals surface area contributed by atoms with E-state index in [1.807, 2.05) is 12.1 Å². The molecule has 1 aromatic carbocycles. The third-order valence-electron chi connectivity index (χ3n) is 3.45. The second-order valence-corrected chi connectivity index (χ2v) is 6.82. The molecule has 5 heteroatoms. The molecule has 1 N–H and O–H groups in total. The number of rotatable bonds is 4. The van der Waals surface area contributed by atoms with Crippen LogP contribution in [0, 0.1) is 0 Å². The fourth-order valence-electron chi connectivity index (χ4n) is 2.25. The number of fused-ring (bicyclic) bond motifs is 1. The summed E-state index contributed by atoms with van der Waals surface area (Å²) in [6.07, 6.45) is 0.929. The first-order valence-electron chi connectivity index (χ1n) is 7.09. The van der Waals surface area contributed by atoms with Crippen LogP contribution in [-0.4, -0.2) is 13.2 Å². The van der Waals surface area contributed by atoms with Crippen molar-refractivity contribution in [2.75, 3.05) is 13.2 Å². The van der Waals surface area contributed by atoms with Crippen LogP contribution in [-0.2, 0) is 6.54 Å². The number of halogens is 1. The zero-order chi connectivity index (χ0) is 14.7. The van der Waals surface area contributed by atoms with Crippen LogP contribution in [0.25, 0.3) is 0 Å². The van der Waals surface area contributed by atoms with E-state index >= 15 is 0 Å². The number of hydrogen-bond acceptors (Lipinski definition) is 4. The minimum Gasteiger partial charge on any atom is -0.490 e. The first kappa shape index (κ1) is 14.7. The molecule has 21 heavy (non-hydrogen) atoms. The summed E-state index contributed by atoms with van der Waals surface area (Å²) in [7, 11) is 0. The second-order valence-electron chi connectivity index (χ2n) is 5.08. The molecule has 2 aromatic rings. The normalized spacial score (nSPS) is 15.5. The molecular weight excluding hydrogens is 306 g/mol. The van der Waals surface area contributed by atoms with Gasteiger partial charge in [0.15, 0.2) is 11.5 Å². The maximum absolute atomic E-state index is 5.98. The van der Waals surface area contributed by atoms with Gasteiger partial charge in [-0.15, -0.1) is 11.3 Å². The zero-order valence-electron chi connectivity index (χ0n) is 11.9. The highest BCUT2D eigenvalue weighted by molar-refractivity contribution is 7.16. The van der Waals surface area contributed by atoms with Crippen LogP contribution in [0.15, 0.2) is 30.3 Å². The summed E-state index contributed by atoms with van der Waals surface area (Å²) in [5.41, 5.74) is 1.19. The van der Waals surface area contributed by atoms with Crippen molar-refractivity contribution in [3.8, 4) is 11.5 Å². The van der Waals surface area contributed by atoms with Crippen molar-refractivity contribution in [1.82, 2.24) is 5.32 Å². The van der Waals surface area contributed by atoms with Gasteiger partial charge in [-0.05, 0) is 36.8 Å². The molecule has 1 aliphatic heterocycles.